The molecule has 3 N–H and O–H groups in total. The first-order valence-electron chi connectivity index (χ1n) is 15.1. The SMILES string of the molecule is COc1cc(C(=O)O)c(F)cc1NCC#Cc1cc(C(=O)N[C@@H]2[C@@H](C)CN(C3CCOCC3)CC2(F)F)c2ncn(CC(F)(F)F)c2c1. The Morgan fingerprint density at radius 2 is 1.90 bits per heavy atom. The van der Waals surface area contributed by atoms with Crippen molar-refractivity contribution in [1.29, 1.82) is 0 Å². The maximum atomic E-state index is 15.5. The zero-order valence-corrected chi connectivity index (χ0v) is 26.0. The van der Waals surface area contributed by atoms with Crippen LogP contribution in [0.1, 0.15) is 46.0 Å². The fraction of sp³-hybridized carbons (Fsp3) is 0.469. The zero-order chi connectivity index (χ0) is 34.8. The Bertz CT molecular complexity index is 1740. The molecule has 0 spiro atoms. The van der Waals surface area contributed by atoms with E-state index in [1.807, 2.05) is 0 Å². The predicted molar refractivity (Wildman–Crippen MR) is 162 cm³/mol. The Kier molecular flexibility index (Phi) is 10.1. The van der Waals surface area contributed by atoms with Crippen LogP contribution >= 0.6 is 0 Å². The highest BCUT2D eigenvalue weighted by atomic mass is 19.4. The molecule has 48 heavy (non-hydrogen) atoms. The summed E-state index contributed by atoms with van der Waals surface area (Å²) < 4.78 is 96.6. The molecule has 0 radical (unpaired) electrons. The number of imidazole rings is 1. The molecule has 2 fully saturated rings. The molecule has 0 saturated carbocycles. The molecule has 2 aromatic carbocycles. The second-order valence-electron chi connectivity index (χ2n) is 11.8. The molecule has 5 rings (SSSR count). The number of methoxy groups -OCH3 is 1. The number of aromatic carboxylic acids is 1. The summed E-state index contributed by atoms with van der Waals surface area (Å²) in [5.41, 5.74) is -0.851. The minimum atomic E-state index is -4.62. The van der Waals surface area contributed by atoms with E-state index in [1.54, 1.807) is 11.8 Å². The normalized spacial score (nSPS) is 20.2. The van der Waals surface area contributed by atoms with Crippen molar-refractivity contribution in [3.8, 4) is 17.6 Å². The van der Waals surface area contributed by atoms with Crippen LogP contribution in [-0.2, 0) is 11.3 Å². The Labute approximate surface area is 271 Å². The molecule has 2 saturated heterocycles. The van der Waals surface area contributed by atoms with Crippen molar-refractivity contribution in [2.75, 3.05) is 45.3 Å². The number of amides is 1. The number of fused-ring (bicyclic) bond motifs is 1. The number of hydrogen-bond donors (Lipinski definition) is 3. The number of carbonyl (C=O) groups is 2. The molecule has 16 heteroatoms. The monoisotopic (exact) mass is 681 g/mol. The van der Waals surface area contributed by atoms with Gasteiger partial charge in [-0.2, -0.15) is 13.2 Å². The Balaban J connectivity index is 1.40. The number of nitrogens with one attached hydrogen (secondary N) is 2. The number of aromatic nitrogens is 2. The van der Waals surface area contributed by atoms with E-state index in [2.05, 4.69) is 27.5 Å². The van der Waals surface area contributed by atoms with E-state index in [4.69, 9.17) is 14.6 Å². The van der Waals surface area contributed by atoms with Gasteiger partial charge < -0.3 is 29.8 Å². The number of likely N-dealkylation sites (tertiary alicyclic amines) is 1. The molecule has 1 amide bonds. The summed E-state index contributed by atoms with van der Waals surface area (Å²) in [6.07, 6.45) is -2.45. The van der Waals surface area contributed by atoms with Gasteiger partial charge in [0.2, 0.25) is 0 Å². The highest BCUT2D eigenvalue weighted by molar-refractivity contribution is 6.05. The summed E-state index contributed by atoms with van der Waals surface area (Å²) in [6, 6.07) is 2.86. The summed E-state index contributed by atoms with van der Waals surface area (Å²) in [4.78, 5) is 30.5. The Morgan fingerprint density at radius 3 is 2.54 bits per heavy atom. The molecule has 0 bridgehead atoms. The van der Waals surface area contributed by atoms with Gasteiger partial charge in [0.1, 0.15) is 23.6 Å². The van der Waals surface area contributed by atoms with E-state index < -0.39 is 60.4 Å². The molecule has 2 atom stereocenters. The fourth-order valence-corrected chi connectivity index (χ4v) is 6.16. The van der Waals surface area contributed by atoms with Crippen LogP contribution in [0.15, 0.2) is 30.6 Å². The van der Waals surface area contributed by atoms with Crippen LogP contribution in [-0.4, -0.2) is 95.6 Å². The lowest BCUT2D eigenvalue weighted by Crippen LogP contribution is -2.64. The summed E-state index contributed by atoms with van der Waals surface area (Å²) in [7, 11) is 1.26. The first kappa shape index (κ1) is 34.8. The largest absolute Gasteiger partial charge is 0.495 e. The first-order chi connectivity index (χ1) is 22.7. The average molecular weight is 682 g/mol. The van der Waals surface area contributed by atoms with Gasteiger partial charge in [-0.15, -0.1) is 0 Å². The molecule has 258 valence electrons. The van der Waals surface area contributed by atoms with Crippen molar-refractivity contribution in [2.24, 2.45) is 5.92 Å². The number of nitrogens with zero attached hydrogens (tertiary/aromatic N) is 3. The van der Waals surface area contributed by atoms with Crippen molar-refractivity contribution in [1.82, 2.24) is 19.8 Å². The van der Waals surface area contributed by atoms with Crippen LogP contribution in [0, 0.1) is 23.6 Å². The minimum Gasteiger partial charge on any atom is -0.495 e. The summed E-state index contributed by atoms with van der Waals surface area (Å²) >= 11 is 0. The average Bonchev–Trinajstić information content (AvgIpc) is 3.41. The summed E-state index contributed by atoms with van der Waals surface area (Å²) in [5.74, 6) is -1.94. The van der Waals surface area contributed by atoms with Gasteiger partial charge in [0, 0.05) is 37.4 Å². The minimum absolute atomic E-state index is 0.0247. The van der Waals surface area contributed by atoms with Gasteiger partial charge in [-0.1, -0.05) is 18.8 Å². The van der Waals surface area contributed by atoms with Crippen molar-refractivity contribution < 1.29 is 50.5 Å². The number of carbonyl (C=O) groups excluding carboxylic acids is 1. The van der Waals surface area contributed by atoms with Gasteiger partial charge in [-0.05, 0) is 37.0 Å². The molecule has 10 nitrogen and oxygen atoms in total. The van der Waals surface area contributed by atoms with Crippen LogP contribution in [0.5, 0.6) is 5.75 Å². The number of hydrogen-bond acceptors (Lipinski definition) is 7. The van der Waals surface area contributed by atoms with Crippen molar-refractivity contribution >= 4 is 28.6 Å². The van der Waals surface area contributed by atoms with E-state index in [-0.39, 0.29) is 46.2 Å². The Morgan fingerprint density at radius 1 is 1.17 bits per heavy atom. The molecule has 1 aromatic heterocycles. The van der Waals surface area contributed by atoms with Crippen LogP contribution in [0.3, 0.4) is 0 Å². The Hall–Kier alpha value is -4.49. The van der Waals surface area contributed by atoms with E-state index in [0.29, 0.717) is 32.6 Å². The van der Waals surface area contributed by atoms with Crippen LogP contribution in [0.4, 0.5) is 32.0 Å². The van der Waals surface area contributed by atoms with Crippen LogP contribution in [0.25, 0.3) is 11.0 Å². The van der Waals surface area contributed by atoms with E-state index >= 15 is 8.78 Å². The second-order valence-corrected chi connectivity index (χ2v) is 11.8. The highest BCUT2D eigenvalue weighted by Crippen LogP contribution is 2.34. The lowest BCUT2D eigenvalue weighted by atomic mass is 9.88. The number of carboxylic acid groups (broad SMARTS) is 1. The maximum absolute atomic E-state index is 15.5. The lowest BCUT2D eigenvalue weighted by molar-refractivity contribution is -0.140. The lowest BCUT2D eigenvalue weighted by Gasteiger charge is -2.46. The number of rotatable bonds is 8. The molecule has 2 aliphatic rings. The van der Waals surface area contributed by atoms with Gasteiger partial charge in [-0.25, -0.2) is 22.9 Å². The molecule has 3 aromatic rings. The smallest absolute Gasteiger partial charge is 0.406 e. The van der Waals surface area contributed by atoms with Gasteiger partial charge in [0.15, 0.2) is 0 Å². The molecule has 2 aliphatic heterocycles. The van der Waals surface area contributed by atoms with Gasteiger partial charge in [-0.3, -0.25) is 9.69 Å². The number of benzene rings is 2. The third kappa shape index (κ3) is 7.79. The van der Waals surface area contributed by atoms with Gasteiger partial charge in [0.05, 0.1) is 54.9 Å². The number of piperidine rings is 1. The number of ether oxygens (including phenoxy) is 2. The molecule has 0 aliphatic carbocycles. The molecule has 0 unspecified atom stereocenters. The number of alkyl halides is 5. The predicted octanol–water partition coefficient (Wildman–Crippen LogP) is 4.77. The van der Waals surface area contributed by atoms with Crippen LogP contribution < -0.4 is 15.4 Å². The van der Waals surface area contributed by atoms with Gasteiger partial charge >= 0.3 is 12.1 Å². The first-order valence-corrected chi connectivity index (χ1v) is 15.1. The number of carboxylic acids is 1. The highest BCUT2D eigenvalue weighted by Gasteiger charge is 2.50. The van der Waals surface area contributed by atoms with Crippen molar-refractivity contribution in [2.45, 2.75) is 50.5 Å². The summed E-state index contributed by atoms with van der Waals surface area (Å²) in [5, 5.41) is 14.3. The topological polar surface area (TPSA) is 118 Å². The second kappa shape index (κ2) is 13.9. The van der Waals surface area contributed by atoms with E-state index in [1.165, 1.54) is 19.2 Å². The van der Waals surface area contributed by atoms with Crippen LogP contribution in [0.2, 0.25) is 0 Å². The number of halogens is 6. The maximum Gasteiger partial charge on any atom is 0.406 e. The zero-order valence-electron chi connectivity index (χ0n) is 26.0. The standard InChI is InChI=1S/C32H33F6N5O5/c1-18-14-42(20-5-8-48-9-6-20)15-31(34,35)28(18)41-29(44)22-10-19(11-25-27(22)40-17-43(25)16-32(36,37)38)4-3-7-39-24-13-23(33)21(30(45)46)12-26(24)47-2/h10-13,17-18,20,28,39H,5-9,14-16H2,1-2H3,(H,41,44)(H,45,46)/t18-,28+/m0/s1. The van der Waals surface area contributed by atoms with E-state index in [0.717, 1.165) is 23.0 Å². The fourth-order valence-electron chi connectivity index (χ4n) is 6.16. The van der Waals surface area contributed by atoms with Crippen molar-refractivity contribution in [3.05, 3.63) is 53.1 Å². The quantitative estimate of drug-likeness (QED) is 0.230. The van der Waals surface area contributed by atoms with Gasteiger partial charge in [0.25, 0.3) is 11.8 Å². The third-order valence-corrected chi connectivity index (χ3v) is 8.39. The molecular weight excluding hydrogens is 648 g/mol. The third-order valence-electron chi connectivity index (χ3n) is 8.39. The molecular formula is C32H33F6N5O5. The summed E-state index contributed by atoms with van der Waals surface area (Å²) in [6.45, 7) is 0.769. The molecule has 3 heterocycles. The van der Waals surface area contributed by atoms with E-state index in [9.17, 15) is 27.2 Å². The number of anilines is 1. The van der Waals surface area contributed by atoms with Crippen molar-refractivity contribution in [3.63, 3.8) is 0 Å².